The van der Waals surface area contributed by atoms with Crippen molar-refractivity contribution in [1.82, 2.24) is 15.5 Å². The Morgan fingerprint density at radius 2 is 1.93 bits per heavy atom. The van der Waals surface area contributed by atoms with Crippen LogP contribution in [0.5, 0.6) is 0 Å². The first-order valence-electron chi connectivity index (χ1n) is 10.5. The number of carbonyl (C=O) groups is 1. The SMILES string of the molecule is CCNC(=NCC1CCS(=O)(=O)C1)N(C)CCC(NC(=O)OC(C)(C)C)C(C)C.I. The zero-order valence-electron chi connectivity index (χ0n) is 19.5. The summed E-state index contributed by atoms with van der Waals surface area (Å²) >= 11 is 0. The molecule has 8 nitrogen and oxygen atoms in total. The number of carbonyl (C=O) groups excluding carboxylic acids is 1. The van der Waals surface area contributed by atoms with Crippen LogP contribution < -0.4 is 10.6 Å². The molecule has 0 aromatic rings. The molecule has 0 spiro atoms. The van der Waals surface area contributed by atoms with Crippen molar-refractivity contribution in [2.45, 2.75) is 66.0 Å². The van der Waals surface area contributed by atoms with E-state index in [0.29, 0.717) is 19.5 Å². The lowest BCUT2D eigenvalue weighted by Crippen LogP contribution is -2.45. The Labute approximate surface area is 199 Å². The van der Waals surface area contributed by atoms with Gasteiger partial charge < -0.3 is 20.3 Å². The van der Waals surface area contributed by atoms with Crippen molar-refractivity contribution in [3.63, 3.8) is 0 Å². The molecule has 1 fully saturated rings. The molecule has 0 aromatic heterocycles. The second-order valence-corrected chi connectivity index (χ2v) is 11.4. The summed E-state index contributed by atoms with van der Waals surface area (Å²) in [5, 5.41) is 6.24. The summed E-state index contributed by atoms with van der Waals surface area (Å²) < 4.78 is 28.7. The summed E-state index contributed by atoms with van der Waals surface area (Å²) in [7, 11) is -0.931. The van der Waals surface area contributed by atoms with Gasteiger partial charge in [0.1, 0.15) is 5.60 Å². The van der Waals surface area contributed by atoms with Gasteiger partial charge in [-0.15, -0.1) is 24.0 Å². The highest BCUT2D eigenvalue weighted by molar-refractivity contribution is 14.0. The van der Waals surface area contributed by atoms with Gasteiger partial charge in [0.05, 0.1) is 11.5 Å². The molecule has 1 heterocycles. The number of guanidine groups is 1. The van der Waals surface area contributed by atoms with Gasteiger partial charge in [-0.25, -0.2) is 13.2 Å². The number of sulfone groups is 1. The van der Waals surface area contributed by atoms with Crippen molar-refractivity contribution < 1.29 is 17.9 Å². The van der Waals surface area contributed by atoms with Gasteiger partial charge in [0, 0.05) is 32.7 Å². The molecule has 178 valence electrons. The van der Waals surface area contributed by atoms with E-state index in [1.165, 1.54) is 0 Å². The molecular formula is C20H41IN4O4S. The van der Waals surface area contributed by atoms with Crippen LogP contribution in [-0.4, -0.2) is 75.2 Å². The average molecular weight is 561 g/mol. The zero-order chi connectivity index (χ0) is 22.2. The van der Waals surface area contributed by atoms with Gasteiger partial charge in [0.25, 0.3) is 0 Å². The van der Waals surface area contributed by atoms with E-state index in [1.807, 2.05) is 39.6 Å². The Bertz CT molecular complexity index is 662. The van der Waals surface area contributed by atoms with Crippen LogP contribution in [-0.2, 0) is 14.6 Å². The Kier molecular flexibility index (Phi) is 12.6. The molecule has 0 radical (unpaired) electrons. The van der Waals surface area contributed by atoms with Crippen molar-refractivity contribution in [2.24, 2.45) is 16.8 Å². The second-order valence-electron chi connectivity index (χ2n) is 9.17. The van der Waals surface area contributed by atoms with E-state index in [4.69, 9.17) is 4.74 Å². The van der Waals surface area contributed by atoms with E-state index in [2.05, 4.69) is 29.5 Å². The minimum atomic E-state index is -2.89. The van der Waals surface area contributed by atoms with E-state index >= 15 is 0 Å². The molecule has 30 heavy (non-hydrogen) atoms. The van der Waals surface area contributed by atoms with E-state index in [9.17, 15) is 13.2 Å². The summed E-state index contributed by atoms with van der Waals surface area (Å²) in [6.07, 6.45) is 1.03. The topological polar surface area (TPSA) is 100 Å². The fraction of sp³-hybridized carbons (Fsp3) is 0.900. The first kappa shape index (κ1) is 29.2. The highest BCUT2D eigenvalue weighted by Crippen LogP contribution is 2.18. The fourth-order valence-corrected chi connectivity index (χ4v) is 5.02. The minimum absolute atomic E-state index is 0. The van der Waals surface area contributed by atoms with E-state index in [-0.39, 0.29) is 53.4 Å². The Hall–Kier alpha value is -0.780. The number of amides is 1. The van der Waals surface area contributed by atoms with Gasteiger partial charge in [-0.1, -0.05) is 13.8 Å². The van der Waals surface area contributed by atoms with Crippen LogP contribution in [0.4, 0.5) is 4.79 Å². The molecular weight excluding hydrogens is 519 g/mol. The Morgan fingerprint density at radius 3 is 2.40 bits per heavy atom. The van der Waals surface area contributed by atoms with Crippen LogP contribution in [0.3, 0.4) is 0 Å². The minimum Gasteiger partial charge on any atom is -0.444 e. The quantitative estimate of drug-likeness (QED) is 0.269. The van der Waals surface area contributed by atoms with Crippen molar-refractivity contribution >= 4 is 45.9 Å². The molecule has 1 aliphatic rings. The van der Waals surface area contributed by atoms with Crippen LogP contribution in [0.1, 0.15) is 54.4 Å². The maximum atomic E-state index is 12.1. The van der Waals surface area contributed by atoms with Crippen LogP contribution >= 0.6 is 24.0 Å². The van der Waals surface area contributed by atoms with Gasteiger partial charge in [-0.05, 0) is 52.4 Å². The molecule has 0 aliphatic carbocycles. The molecule has 1 amide bonds. The third-order valence-electron chi connectivity index (χ3n) is 4.80. The third kappa shape index (κ3) is 11.6. The maximum absolute atomic E-state index is 12.1. The normalized spacial score (nSPS) is 19.7. The number of nitrogens with zero attached hydrogens (tertiary/aromatic N) is 2. The lowest BCUT2D eigenvalue weighted by Gasteiger charge is -2.28. The predicted octanol–water partition coefficient (Wildman–Crippen LogP) is 2.88. The van der Waals surface area contributed by atoms with Crippen molar-refractivity contribution in [3.05, 3.63) is 0 Å². The van der Waals surface area contributed by atoms with Crippen molar-refractivity contribution in [3.8, 4) is 0 Å². The first-order valence-corrected chi connectivity index (χ1v) is 12.3. The van der Waals surface area contributed by atoms with Crippen LogP contribution in [0.15, 0.2) is 4.99 Å². The predicted molar refractivity (Wildman–Crippen MR) is 133 cm³/mol. The number of halogens is 1. The van der Waals surface area contributed by atoms with Crippen LogP contribution in [0, 0.1) is 11.8 Å². The summed E-state index contributed by atoms with van der Waals surface area (Å²) in [5.41, 5.74) is -0.527. The molecule has 0 saturated carbocycles. The molecule has 2 N–H and O–H groups in total. The van der Waals surface area contributed by atoms with Crippen molar-refractivity contribution in [2.75, 3.05) is 38.2 Å². The molecule has 1 rings (SSSR count). The number of hydrogen-bond donors (Lipinski definition) is 2. The first-order chi connectivity index (χ1) is 13.3. The number of alkyl carbamates (subject to hydrolysis) is 1. The molecule has 2 atom stereocenters. The third-order valence-corrected chi connectivity index (χ3v) is 6.64. The average Bonchev–Trinajstić information content (AvgIpc) is 2.92. The van der Waals surface area contributed by atoms with Gasteiger partial charge in [-0.3, -0.25) is 4.99 Å². The van der Waals surface area contributed by atoms with Gasteiger partial charge in [-0.2, -0.15) is 0 Å². The van der Waals surface area contributed by atoms with E-state index < -0.39 is 21.5 Å². The number of hydrogen-bond acceptors (Lipinski definition) is 5. The highest BCUT2D eigenvalue weighted by Gasteiger charge is 2.28. The van der Waals surface area contributed by atoms with Gasteiger partial charge >= 0.3 is 6.09 Å². The summed E-state index contributed by atoms with van der Waals surface area (Å²) in [6, 6.07) is -0.0184. The highest BCUT2D eigenvalue weighted by atomic mass is 127. The molecule has 10 heteroatoms. The number of nitrogens with one attached hydrogen (secondary N) is 2. The molecule has 1 aliphatic heterocycles. The van der Waals surface area contributed by atoms with Gasteiger partial charge in [0.2, 0.25) is 0 Å². The van der Waals surface area contributed by atoms with E-state index in [1.54, 1.807) is 0 Å². The van der Waals surface area contributed by atoms with E-state index in [0.717, 1.165) is 18.9 Å². The summed E-state index contributed by atoms with van der Waals surface area (Å²) in [6.45, 7) is 13.6. The molecule has 0 aromatic carbocycles. The number of ether oxygens (including phenoxy) is 1. The van der Waals surface area contributed by atoms with Crippen LogP contribution in [0.2, 0.25) is 0 Å². The van der Waals surface area contributed by atoms with Crippen molar-refractivity contribution in [1.29, 1.82) is 0 Å². The Balaban J connectivity index is 0.00000841. The standard InChI is InChI=1S/C20H40N4O4S.HI/c1-8-21-18(22-13-16-10-12-29(26,27)14-16)24(7)11-9-17(15(2)3)23-19(25)28-20(4,5)6;/h15-17H,8-14H2,1-7H3,(H,21,22)(H,23,25);1H. The zero-order valence-corrected chi connectivity index (χ0v) is 22.7. The maximum Gasteiger partial charge on any atom is 0.407 e. The summed E-state index contributed by atoms with van der Waals surface area (Å²) in [5.74, 6) is 1.62. The molecule has 1 saturated heterocycles. The number of rotatable bonds is 8. The number of aliphatic imine (C=N–C) groups is 1. The lowest BCUT2D eigenvalue weighted by molar-refractivity contribution is 0.0485. The largest absolute Gasteiger partial charge is 0.444 e. The Morgan fingerprint density at radius 1 is 1.30 bits per heavy atom. The molecule has 0 bridgehead atoms. The lowest BCUT2D eigenvalue weighted by atomic mass is 10.0. The monoisotopic (exact) mass is 560 g/mol. The van der Waals surface area contributed by atoms with Gasteiger partial charge in [0.15, 0.2) is 15.8 Å². The molecule has 2 unspecified atom stereocenters. The smallest absolute Gasteiger partial charge is 0.407 e. The fourth-order valence-electron chi connectivity index (χ4n) is 3.17. The second kappa shape index (κ2) is 12.9. The van der Waals surface area contributed by atoms with Crippen LogP contribution in [0.25, 0.3) is 0 Å². The summed E-state index contributed by atoms with van der Waals surface area (Å²) in [4.78, 5) is 18.8.